The maximum Gasteiger partial charge on any atom is 0.573 e. The minimum Gasteiger partial charge on any atom is -0.479 e. The number of carboxylic acid groups (broad SMARTS) is 1. The van der Waals surface area contributed by atoms with E-state index in [2.05, 4.69) is 25.2 Å². The Morgan fingerprint density at radius 1 is 0.885 bits per heavy atom. The van der Waals surface area contributed by atoms with Crippen LogP contribution < -0.4 is 25.7 Å². The van der Waals surface area contributed by atoms with Gasteiger partial charge in [0.05, 0.1) is 17.8 Å². The van der Waals surface area contributed by atoms with Gasteiger partial charge in [0.2, 0.25) is 11.8 Å². The molecule has 1 aromatic heterocycles. The highest BCUT2D eigenvalue weighted by Gasteiger charge is 2.61. The maximum absolute atomic E-state index is 14.6. The molecule has 5 atom stereocenters. The van der Waals surface area contributed by atoms with E-state index < -0.39 is 88.8 Å². The number of carbonyl (C=O) groups is 4. The van der Waals surface area contributed by atoms with Gasteiger partial charge in [-0.2, -0.15) is 5.10 Å². The number of hydrogen-bond acceptors (Lipinski definition) is 9. The molecular weight excluding hydrogens is 820 g/mol. The minimum absolute atomic E-state index is 0.0563. The molecule has 14 nitrogen and oxygen atoms in total. The van der Waals surface area contributed by atoms with E-state index in [1.165, 1.54) is 30.5 Å². The Labute approximate surface area is 344 Å². The third-order valence-electron chi connectivity index (χ3n) is 10.5. The lowest BCUT2D eigenvalue weighted by Crippen LogP contribution is -2.56. The van der Waals surface area contributed by atoms with Crippen LogP contribution in [0.5, 0.6) is 11.5 Å². The molecule has 1 saturated heterocycles. The number of alkyl halides is 6. The summed E-state index contributed by atoms with van der Waals surface area (Å²) in [6.45, 7) is 4.58. The molecule has 2 aliphatic heterocycles. The van der Waals surface area contributed by atoms with Gasteiger partial charge < -0.3 is 34.9 Å². The Bertz CT molecular complexity index is 2220. The summed E-state index contributed by atoms with van der Waals surface area (Å²) in [5.41, 5.74) is -3.29. The molecule has 2 fully saturated rings. The molecule has 61 heavy (non-hydrogen) atoms. The van der Waals surface area contributed by atoms with Crippen molar-refractivity contribution >= 4 is 23.9 Å². The normalized spacial score (nSPS) is 24.2. The Morgan fingerprint density at radius 3 is 2.07 bits per heavy atom. The van der Waals surface area contributed by atoms with E-state index in [9.17, 15) is 55.4 Å². The molecule has 0 bridgehead atoms. The third-order valence-corrected chi connectivity index (χ3v) is 10.5. The molecule has 0 spiro atoms. The van der Waals surface area contributed by atoms with Gasteiger partial charge >= 0.3 is 24.8 Å². The zero-order valence-electron chi connectivity index (χ0n) is 33.1. The number of rotatable bonds is 7. The average molecular weight is 864 g/mol. The second-order valence-corrected chi connectivity index (χ2v) is 16.1. The zero-order valence-corrected chi connectivity index (χ0v) is 33.1. The standard InChI is InChI=1S/C41H43F6N5O9/c1-38(2,3)61-37(58)49-30-10-8-6-4-5-7-9-25-20-39(25,36(56)57)50-33(53)31-19-26(22-51(31)34(30)54)52-35(55)32(24-13-17-28(18-14-24)60-41(45,46)47)29(21-48-52)23-11-15-27(16-12-23)59-40(42,43)44/h7,9,11-18,21,25-26,30-31H,4-6,8,10,19-20,22H2,1-3H3,(H,49,58)(H,50,53)(H,56,57)/b9-7-/t25-,26+,30-,31-,39+/m0/s1. The van der Waals surface area contributed by atoms with Crippen molar-refractivity contribution in [3.05, 3.63) is 77.2 Å². The number of benzene rings is 2. The van der Waals surface area contributed by atoms with Gasteiger partial charge in [-0.15, -0.1) is 26.3 Å². The van der Waals surface area contributed by atoms with Gasteiger partial charge in [-0.05, 0) is 81.8 Å². The molecular formula is C41H43F6N5O9. The molecule has 6 rings (SSSR count). The van der Waals surface area contributed by atoms with Gasteiger partial charge in [-0.25, -0.2) is 14.3 Å². The molecule has 3 N–H and O–H groups in total. The van der Waals surface area contributed by atoms with Gasteiger partial charge in [-0.1, -0.05) is 49.3 Å². The molecule has 3 heterocycles. The number of alkyl carbamates (subject to hydrolysis) is 1. The molecule has 0 unspecified atom stereocenters. The van der Waals surface area contributed by atoms with Crippen LogP contribution in [-0.4, -0.2) is 86.2 Å². The third kappa shape index (κ3) is 10.8. The van der Waals surface area contributed by atoms with Crippen LogP contribution in [0.15, 0.2) is 71.7 Å². The summed E-state index contributed by atoms with van der Waals surface area (Å²) in [4.78, 5) is 70.1. The molecule has 2 aromatic carbocycles. The van der Waals surface area contributed by atoms with Crippen molar-refractivity contribution in [2.75, 3.05) is 6.54 Å². The van der Waals surface area contributed by atoms with Crippen LogP contribution in [0, 0.1) is 5.92 Å². The van der Waals surface area contributed by atoms with Crippen LogP contribution in [0.3, 0.4) is 0 Å². The molecule has 0 radical (unpaired) electrons. The fourth-order valence-electron chi connectivity index (χ4n) is 7.59. The first-order chi connectivity index (χ1) is 28.5. The summed E-state index contributed by atoms with van der Waals surface area (Å²) >= 11 is 0. The number of nitrogens with zero attached hydrogens (tertiary/aromatic N) is 3. The Balaban J connectivity index is 1.42. The van der Waals surface area contributed by atoms with Crippen LogP contribution in [0.25, 0.3) is 22.3 Å². The van der Waals surface area contributed by atoms with Crippen LogP contribution in [-0.2, 0) is 19.1 Å². The van der Waals surface area contributed by atoms with Crippen LogP contribution in [0.1, 0.15) is 71.8 Å². The van der Waals surface area contributed by atoms with Gasteiger partial charge in [0.15, 0.2) is 0 Å². The summed E-state index contributed by atoms with van der Waals surface area (Å²) in [6, 6.07) is 5.06. The lowest BCUT2D eigenvalue weighted by Gasteiger charge is -2.30. The van der Waals surface area contributed by atoms with Crippen molar-refractivity contribution in [2.24, 2.45) is 5.92 Å². The number of carboxylic acids is 1. The Hall–Kier alpha value is -6.08. The second kappa shape index (κ2) is 17.1. The number of fused-ring (bicyclic) bond motifs is 2. The van der Waals surface area contributed by atoms with E-state index in [0.29, 0.717) is 25.7 Å². The lowest BCUT2D eigenvalue weighted by molar-refractivity contribution is -0.275. The maximum atomic E-state index is 14.6. The number of carbonyl (C=O) groups excluding carboxylic acids is 3. The number of aliphatic carboxylic acids is 1. The fraction of sp³-hybridized carbons (Fsp3) is 0.463. The van der Waals surface area contributed by atoms with Gasteiger partial charge in [0.1, 0.15) is 34.7 Å². The lowest BCUT2D eigenvalue weighted by atomic mass is 9.97. The SMILES string of the molecule is CC(C)(C)OC(=O)N[C@H]1CCCCC/C=C\[C@H]2C[C@@]2(C(=O)O)NC(=O)[C@@H]2C[C@@H](n3ncc(-c4ccc(OC(F)(F)F)cc4)c(-c4ccc(OC(F)(F)F)cc4)c3=O)CN2C1=O. The topological polar surface area (TPSA) is 178 Å². The average Bonchev–Trinajstić information content (AvgIpc) is 3.67. The highest BCUT2D eigenvalue weighted by atomic mass is 19.4. The molecule has 3 aliphatic rings. The van der Waals surface area contributed by atoms with Crippen molar-refractivity contribution < 1.29 is 64.8 Å². The van der Waals surface area contributed by atoms with E-state index in [-0.39, 0.29) is 48.1 Å². The van der Waals surface area contributed by atoms with E-state index in [1.54, 1.807) is 26.8 Å². The number of nitrogens with one attached hydrogen (secondary N) is 2. The molecule has 3 aromatic rings. The van der Waals surface area contributed by atoms with Crippen molar-refractivity contribution in [3.63, 3.8) is 0 Å². The molecule has 3 amide bonds. The highest BCUT2D eigenvalue weighted by Crippen LogP contribution is 2.46. The van der Waals surface area contributed by atoms with Crippen LogP contribution in [0.2, 0.25) is 0 Å². The number of amides is 3. The van der Waals surface area contributed by atoms with Crippen LogP contribution >= 0.6 is 0 Å². The van der Waals surface area contributed by atoms with Crippen molar-refractivity contribution in [1.29, 1.82) is 0 Å². The molecule has 1 aliphatic carbocycles. The van der Waals surface area contributed by atoms with E-state index in [0.717, 1.165) is 33.8 Å². The first-order valence-electron chi connectivity index (χ1n) is 19.4. The van der Waals surface area contributed by atoms with E-state index in [4.69, 9.17) is 4.74 Å². The number of hydrogen-bond donors (Lipinski definition) is 3. The van der Waals surface area contributed by atoms with Crippen molar-refractivity contribution in [2.45, 2.75) is 108 Å². The molecule has 20 heteroatoms. The number of aromatic nitrogens is 2. The summed E-state index contributed by atoms with van der Waals surface area (Å²) < 4.78 is 92.1. The number of allylic oxidation sites excluding steroid dienone is 1. The fourth-order valence-corrected chi connectivity index (χ4v) is 7.59. The first kappa shape index (κ1) is 44.5. The van der Waals surface area contributed by atoms with E-state index >= 15 is 0 Å². The summed E-state index contributed by atoms with van der Waals surface area (Å²) in [6.07, 6.45) is -3.66. The summed E-state index contributed by atoms with van der Waals surface area (Å²) in [7, 11) is 0. The Kier molecular flexibility index (Phi) is 12.5. The second-order valence-electron chi connectivity index (χ2n) is 16.1. The van der Waals surface area contributed by atoms with Crippen molar-refractivity contribution in [3.8, 4) is 33.8 Å². The Morgan fingerprint density at radius 2 is 1.49 bits per heavy atom. The number of halogens is 6. The van der Waals surface area contributed by atoms with E-state index in [1.807, 2.05) is 6.08 Å². The quantitative estimate of drug-likeness (QED) is 0.167. The van der Waals surface area contributed by atoms with Crippen LogP contribution in [0.4, 0.5) is 31.1 Å². The smallest absolute Gasteiger partial charge is 0.479 e. The predicted molar refractivity (Wildman–Crippen MR) is 204 cm³/mol. The van der Waals surface area contributed by atoms with Gasteiger partial charge in [-0.3, -0.25) is 14.4 Å². The van der Waals surface area contributed by atoms with Gasteiger partial charge in [0, 0.05) is 24.4 Å². The largest absolute Gasteiger partial charge is 0.573 e. The van der Waals surface area contributed by atoms with Gasteiger partial charge in [0.25, 0.3) is 5.56 Å². The first-order valence-corrected chi connectivity index (χ1v) is 19.4. The minimum atomic E-state index is -5.02. The molecule has 1 saturated carbocycles. The zero-order chi connectivity index (χ0) is 44.5. The summed E-state index contributed by atoms with van der Waals surface area (Å²) in [5, 5.41) is 19.8. The molecule has 328 valence electrons. The van der Waals surface area contributed by atoms with Crippen molar-refractivity contribution in [1.82, 2.24) is 25.3 Å². The highest BCUT2D eigenvalue weighted by molar-refractivity contribution is 5.96. The number of ether oxygens (including phenoxy) is 3. The monoisotopic (exact) mass is 863 g/mol. The summed E-state index contributed by atoms with van der Waals surface area (Å²) in [5.74, 6) is -4.51. The predicted octanol–water partition coefficient (Wildman–Crippen LogP) is 6.89.